The summed E-state index contributed by atoms with van der Waals surface area (Å²) in [5.74, 6) is -0.473. The third-order valence-electron chi connectivity index (χ3n) is 4.97. The highest BCUT2D eigenvalue weighted by Crippen LogP contribution is 2.26. The Morgan fingerprint density at radius 1 is 1.04 bits per heavy atom. The van der Waals surface area contributed by atoms with Crippen molar-refractivity contribution in [3.63, 3.8) is 0 Å². The monoisotopic (exact) mass is 386 g/mol. The number of nitrogens with zero attached hydrogens (tertiary/aromatic N) is 4. The molecule has 150 valence electrons. The lowest BCUT2D eigenvalue weighted by atomic mass is 10.1. The minimum Gasteiger partial charge on any atom is -0.461 e. The molecule has 1 aromatic rings. The Bertz CT molecular complexity index is 757. The third-order valence-corrected chi connectivity index (χ3v) is 4.97. The van der Waals surface area contributed by atoms with Crippen LogP contribution in [-0.4, -0.2) is 72.1 Å². The van der Waals surface area contributed by atoms with Crippen molar-refractivity contribution >= 4 is 29.2 Å². The van der Waals surface area contributed by atoms with E-state index in [0.717, 1.165) is 5.69 Å². The summed E-state index contributed by atoms with van der Waals surface area (Å²) >= 11 is 0. The van der Waals surface area contributed by atoms with Crippen LogP contribution in [0.1, 0.15) is 26.7 Å². The molecule has 1 fully saturated rings. The molecule has 1 atom stereocenters. The molecule has 0 bridgehead atoms. The van der Waals surface area contributed by atoms with Crippen molar-refractivity contribution in [2.24, 2.45) is 5.10 Å². The van der Waals surface area contributed by atoms with Crippen LogP contribution in [0.5, 0.6) is 0 Å². The van der Waals surface area contributed by atoms with Gasteiger partial charge >= 0.3 is 5.97 Å². The Hall–Kier alpha value is -2.90. The van der Waals surface area contributed by atoms with Crippen LogP contribution < -0.4 is 5.01 Å². The zero-order valence-corrected chi connectivity index (χ0v) is 16.3. The van der Waals surface area contributed by atoms with Crippen LogP contribution in [0.4, 0.5) is 5.69 Å². The van der Waals surface area contributed by atoms with E-state index in [4.69, 9.17) is 4.74 Å². The molecule has 0 saturated carbocycles. The van der Waals surface area contributed by atoms with E-state index in [9.17, 15) is 14.4 Å². The molecule has 0 spiro atoms. The zero-order chi connectivity index (χ0) is 20.1. The number of esters is 1. The van der Waals surface area contributed by atoms with Gasteiger partial charge in [0.15, 0.2) is 0 Å². The lowest BCUT2D eigenvalue weighted by molar-refractivity contribution is -0.140. The van der Waals surface area contributed by atoms with Crippen molar-refractivity contribution in [3.8, 4) is 0 Å². The number of anilines is 1. The second-order valence-corrected chi connectivity index (χ2v) is 6.73. The third kappa shape index (κ3) is 4.16. The van der Waals surface area contributed by atoms with E-state index in [1.807, 2.05) is 37.3 Å². The Labute approximate surface area is 164 Å². The smallest absolute Gasteiger partial charge is 0.354 e. The van der Waals surface area contributed by atoms with Gasteiger partial charge in [0.1, 0.15) is 11.8 Å². The molecule has 1 unspecified atom stereocenters. The Morgan fingerprint density at radius 2 is 1.68 bits per heavy atom. The first-order chi connectivity index (χ1) is 13.5. The average molecular weight is 386 g/mol. The van der Waals surface area contributed by atoms with E-state index in [-0.39, 0.29) is 30.6 Å². The molecule has 2 aliphatic rings. The number of ether oxygens (including phenoxy) is 1. The van der Waals surface area contributed by atoms with Crippen LogP contribution in [0.15, 0.2) is 35.4 Å². The van der Waals surface area contributed by atoms with Gasteiger partial charge in [-0.05, 0) is 19.1 Å². The summed E-state index contributed by atoms with van der Waals surface area (Å²) in [7, 11) is 0. The molecule has 0 radical (unpaired) electrons. The molecule has 0 aliphatic carbocycles. The molecule has 8 heteroatoms. The van der Waals surface area contributed by atoms with Crippen molar-refractivity contribution in [2.45, 2.75) is 32.7 Å². The van der Waals surface area contributed by atoms with Gasteiger partial charge in [0.05, 0.1) is 12.3 Å². The van der Waals surface area contributed by atoms with Crippen molar-refractivity contribution in [1.82, 2.24) is 9.80 Å². The molecule has 1 saturated heterocycles. The van der Waals surface area contributed by atoms with Crippen molar-refractivity contribution < 1.29 is 19.1 Å². The molecule has 3 rings (SSSR count). The predicted octanol–water partition coefficient (Wildman–Crippen LogP) is 1.27. The van der Waals surface area contributed by atoms with Crippen LogP contribution >= 0.6 is 0 Å². The first-order valence-electron chi connectivity index (χ1n) is 9.70. The summed E-state index contributed by atoms with van der Waals surface area (Å²) in [4.78, 5) is 40.8. The topological polar surface area (TPSA) is 82.5 Å². The minimum absolute atomic E-state index is 0.0875. The fraction of sp³-hybridized carbons (Fsp3) is 0.500. The number of hydrazone groups is 1. The quantitative estimate of drug-likeness (QED) is 0.712. The van der Waals surface area contributed by atoms with Crippen molar-refractivity contribution in [3.05, 3.63) is 30.3 Å². The highest BCUT2D eigenvalue weighted by Gasteiger charge is 2.39. The van der Waals surface area contributed by atoms with Gasteiger partial charge in [0.2, 0.25) is 11.8 Å². The van der Waals surface area contributed by atoms with Gasteiger partial charge in [0, 0.05) is 39.0 Å². The normalized spacial score (nSPS) is 19.4. The fourth-order valence-corrected chi connectivity index (χ4v) is 3.47. The number of carbonyl (C=O) groups is 3. The molecule has 0 N–H and O–H groups in total. The van der Waals surface area contributed by atoms with E-state index in [1.54, 1.807) is 21.7 Å². The van der Waals surface area contributed by atoms with Crippen LogP contribution in [-0.2, 0) is 19.1 Å². The van der Waals surface area contributed by atoms with Gasteiger partial charge in [-0.2, -0.15) is 5.10 Å². The van der Waals surface area contributed by atoms with E-state index < -0.39 is 12.0 Å². The highest BCUT2D eigenvalue weighted by molar-refractivity contribution is 6.38. The maximum Gasteiger partial charge on any atom is 0.354 e. The van der Waals surface area contributed by atoms with Crippen molar-refractivity contribution in [1.29, 1.82) is 0 Å². The number of amides is 2. The van der Waals surface area contributed by atoms with Gasteiger partial charge < -0.3 is 14.5 Å². The Balaban J connectivity index is 1.75. The zero-order valence-electron chi connectivity index (χ0n) is 16.3. The first-order valence-corrected chi connectivity index (χ1v) is 9.70. The Kier molecular flexibility index (Phi) is 6.28. The molecule has 28 heavy (non-hydrogen) atoms. The SMILES string of the molecule is CCOC(=O)C1=NN(c2ccccc2)C(C(=O)N2CCN(C(=O)CC)CC2)C1. The molecule has 2 amide bonds. The maximum atomic E-state index is 13.2. The van der Waals surface area contributed by atoms with E-state index in [2.05, 4.69) is 5.10 Å². The number of hydrogen-bond acceptors (Lipinski definition) is 6. The summed E-state index contributed by atoms with van der Waals surface area (Å²) < 4.78 is 5.07. The van der Waals surface area contributed by atoms with Gasteiger partial charge in [-0.25, -0.2) is 4.79 Å². The summed E-state index contributed by atoms with van der Waals surface area (Å²) in [5.41, 5.74) is 1.00. The second-order valence-electron chi connectivity index (χ2n) is 6.73. The molecule has 1 aromatic carbocycles. The summed E-state index contributed by atoms with van der Waals surface area (Å²) in [5, 5.41) is 6.00. The van der Waals surface area contributed by atoms with Gasteiger partial charge in [-0.15, -0.1) is 0 Å². The van der Waals surface area contributed by atoms with Gasteiger partial charge in [-0.1, -0.05) is 25.1 Å². The fourth-order valence-electron chi connectivity index (χ4n) is 3.47. The summed E-state index contributed by atoms with van der Waals surface area (Å²) in [6, 6.07) is 8.74. The van der Waals surface area contributed by atoms with Crippen LogP contribution in [0.2, 0.25) is 0 Å². The van der Waals surface area contributed by atoms with E-state index in [1.165, 1.54) is 0 Å². The standard InChI is InChI=1S/C20H26N4O4/c1-3-18(25)22-10-12-23(13-11-22)19(26)17-14-16(20(27)28-4-2)21-24(17)15-8-6-5-7-9-15/h5-9,17H,3-4,10-14H2,1-2H3. The number of para-hydroxylation sites is 1. The minimum atomic E-state index is -0.588. The highest BCUT2D eigenvalue weighted by atomic mass is 16.5. The van der Waals surface area contributed by atoms with E-state index in [0.29, 0.717) is 32.6 Å². The number of benzene rings is 1. The molecule has 8 nitrogen and oxygen atoms in total. The summed E-state index contributed by atoms with van der Waals surface area (Å²) in [6.07, 6.45) is 0.676. The van der Waals surface area contributed by atoms with Gasteiger partial charge in [-0.3, -0.25) is 14.6 Å². The Morgan fingerprint density at radius 3 is 2.29 bits per heavy atom. The number of rotatable bonds is 5. The van der Waals surface area contributed by atoms with E-state index >= 15 is 0 Å². The number of carbonyl (C=O) groups excluding carboxylic acids is 3. The second kappa shape index (κ2) is 8.86. The first kappa shape index (κ1) is 19.9. The van der Waals surface area contributed by atoms with Gasteiger partial charge in [0.25, 0.3) is 0 Å². The number of hydrogen-bond donors (Lipinski definition) is 0. The molecular weight excluding hydrogens is 360 g/mol. The van der Waals surface area contributed by atoms with Crippen LogP contribution in [0.3, 0.4) is 0 Å². The van der Waals surface area contributed by atoms with Crippen molar-refractivity contribution in [2.75, 3.05) is 37.8 Å². The lowest BCUT2D eigenvalue weighted by Gasteiger charge is -2.37. The number of piperazine rings is 1. The average Bonchev–Trinajstić information content (AvgIpc) is 3.19. The maximum absolute atomic E-state index is 13.2. The summed E-state index contributed by atoms with van der Waals surface area (Å²) in [6.45, 7) is 5.86. The molecule has 0 aromatic heterocycles. The molecular formula is C20H26N4O4. The molecule has 2 aliphatic heterocycles. The predicted molar refractivity (Wildman–Crippen MR) is 105 cm³/mol. The van der Waals surface area contributed by atoms with Crippen LogP contribution in [0.25, 0.3) is 0 Å². The largest absolute Gasteiger partial charge is 0.461 e. The van der Waals surface area contributed by atoms with Crippen LogP contribution in [0, 0.1) is 0 Å². The lowest BCUT2D eigenvalue weighted by Crippen LogP contribution is -2.54. The molecule has 2 heterocycles.